The van der Waals surface area contributed by atoms with E-state index in [-0.39, 0.29) is 48.7 Å². The summed E-state index contributed by atoms with van der Waals surface area (Å²) >= 11 is 0. The van der Waals surface area contributed by atoms with Gasteiger partial charge in [0, 0.05) is 38.9 Å². The first-order valence-corrected chi connectivity index (χ1v) is 16.2. The van der Waals surface area contributed by atoms with Crippen molar-refractivity contribution in [1.82, 2.24) is 0 Å². The molecular weight excluding hydrogens is 540 g/mol. The van der Waals surface area contributed by atoms with E-state index in [2.05, 4.69) is 13.8 Å². The van der Waals surface area contributed by atoms with Crippen molar-refractivity contribution in [2.75, 3.05) is 26.4 Å². The Morgan fingerprint density at radius 3 is 1.64 bits per heavy atom. The number of ketones is 1. The molecule has 0 heterocycles. The normalized spacial score (nSPS) is 11.8. The lowest BCUT2D eigenvalue weighted by Gasteiger charge is -2.24. The van der Waals surface area contributed by atoms with Crippen molar-refractivity contribution in [3.05, 3.63) is 0 Å². The van der Waals surface area contributed by atoms with E-state index in [1.807, 2.05) is 0 Å². The molecule has 0 rings (SSSR count). The molecule has 0 aliphatic rings. The average Bonchev–Trinajstić information content (AvgIpc) is 2.89. The van der Waals surface area contributed by atoms with Crippen LogP contribution < -0.4 is 0 Å². The highest BCUT2D eigenvalue weighted by molar-refractivity contribution is 5.79. The number of esters is 3. The standard InChI is InChI=1S/C33H60O9/c1-32(2,26-28(36)18-17-23-35)21-13-10-12-19-29(37)40-24-15-8-9-16-25-41-31(39)27-33(3,4)42-30(38)20-11-6-5-7-14-22-34/h34-35H,5-27H2,1-4H3. The van der Waals surface area contributed by atoms with Gasteiger partial charge in [0.1, 0.15) is 11.4 Å². The first-order valence-electron chi connectivity index (χ1n) is 16.2. The van der Waals surface area contributed by atoms with Crippen LogP contribution in [0, 0.1) is 5.41 Å². The SMILES string of the molecule is CC(C)(CCCCCC(=O)OCCCCCCOC(=O)CC(C)(C)OC(=O)CCCCCCCO)CC(=O)CCCO. The molecule has 0 fully saturated rings. The fourth-order valence-electron chi connectivity index (χ4n) is 4.74. The second-order valence-electron chi connectivity index (χ2n) is 12.8. The molecule has 0 aromatic heterocycles. The maximum absolute atomic E-state index is 12.2. The summed E-state index contributed by atoms with van der Waals surface area (Å²) in [5.74, 6) is -0.675. The second kappa shape index (κ2) is 24.4. The summed E-state index contributed by atoms with van der Waals surface area (Å²) in [4.78, 5) is 48.1. The zero-order valence-electron chi connectivity index (χ0n) is 27.0. The Labute approximate surface area is 254 Å². The maximum atomic E-state index is 12.2. The molecule has 0 aliphatic heterocycles. The Balaban J connectivity index is 3.75. The number of Topliss-reactive ketones (excluding diaryl/α,β-unsaturated/α-hetero) is 1. The third-order valence-electron chi connectivity index (χ3n) is 7.09. The number of ether oxygens (including phenoxy) is 3. The molecule has 0 aliphatic carbocycles. The molecule has 0 unspecified atom stereocenters. The van der Waals surface area contributed by atoms with Crippen LogP contribution >= 0.6 is 0 Å². The molecular formula is C33H60O9. The molecule has 0 saturated heterocycles. The topological polar surface area (TPSA) is 136 Å². The van der Waals surface area contributed by atoms with E-state index >= 15 is 0 Å². The lowest BCUT2D eigenvalue weighted by atomic mass is 9.81. The van der Waals surface area contributed by atoms with Crippen LogP contribution in [-0.4, -0.2) is 65.9 Å². The van der Waals surface area contributed by atoms with Gasteiger partial charge < -0.3 is 24.4 Å². The monoisotopic (exact) mass is 600 g/mol. The van der Waals surface area contributed by atoms with Crippen LogP contribution in [0.1, 0.15) is 150 Å². The van der Waals surface area contributed by atoms with Gasteiger partial charge in [0.15, 0.2) is 0 Å². The van der Waals surface area contributed by atoms with Crippen LogP contribution in [0.3, 0.4) is 0 Å². The Hall–Kier alpha value is -2.00. The highest BCUT2D eigenvalue weighted by atomic mass is 16.6. The van der Waals surface area contributed by atoms with Crippen LogP contribution in [0.25, 0.3) is 0 Å². The quantitative estimate of drug-likeness (QED) is 0.0595. The van der Waals surface area contributed by atoms with Gasteiger partial charge in [-0.15, -0.1) is 0 Å². The zero-order chi connectivity index (χ0) is 31.7. The minimum atomic E-state index is -0.910. The van der Waals surface area contributed by atoms with Gasteiger partial charge in [-0.2, -0.15) is 0 Å². The van der Waals surface area contributed by atoms with E-state index in [1.54, 1.807) is 13.8 Å². The van der Waals surface area contributed by atoms with Gasteiger partial charge in [-0.25, -0.2) is 0 Å². The lowest BCUT2D eigenvalue weighted by molar-refractivity contribution is -0.163. The number of hydrogen-bond acceptors (Lipinski definition) is 9. The molecule has 0 aromatic rings. The molecule has 9 nitrogen and oxygen atoms in total. The fraction of sp³-hybridized carbons (Fsp3) is 0.879. The second-order valence-corrected chi connectivity index (χ2v) is 12.8. The number of rotatable bonds is 28. The van der Waals surface area contributed by atoms with Crippen molar-refractivity contribution >= 4 is 23.7 Å². The highest BCUT2D eigenvalue weighted by Gasteiger charge is 2.27. The van der Waals surface area contributed by atoms with Gasteiger partial charge in [0.2, 0.25) is 0 Å². The molecule has 0 saturated carbocycles. The number of carbonyl (C=O) groups is 4. The van der Waals surface area contributed by atoms with Gasteiger partial charge in [0.05, 0.1) is 19.6 Å². The summed E-state index contributed by atoms with van der Waals surface area (Å²) in [6.07, 6.45) is 13.4. The Morgan fingerprint density at radius 2 is 1.02 bits per heavy atom. The molecule has 246 valence electrons. The molecule has 0 spiro atoms. The average molecular weight is 601 g/mol. The summed E-state index contributed by atoms with van der Waals surface area (Å²) in [6.45, 7) is 8.56. The van der Waals surface area contributed by atoms with E-state index in [4.69, 9.17) is 24.4 Å². The minimum absolute atomic E-state index is 0.00799. The van der Waals surface area contributed by atoms with Crippen molar-refractivity contribution in [3.8, 4) is 0 Å². The maximum Gasteiger partial charge on any atom is 0.309 e. The van der Waals surface area contributed by atoms with E-state index in [0.717, 1.165) is 83.5 Å². The number of aliphatic hydroxyl groups is 2. The van der Waals surface area contributed by atoms with Gasteiger partial charge in [-0.1, -0.05) is 46.0 Å². The first-order chi connectivity index (χ1) is 19.9. The predicted octanol–water partition coefficient (Wildman–Crippen LogP) is 6.39. The molecule has 9 heteroatoms. The third-order valence-corrected chi connectivity index (χ3v) is 7.09. The number of hydrogen-bond donors (Lipinski definition) is 2. The summed E-state index contributed by atoms with van der Waals surface area (Å²) in [5, 5.41) is 17.6. The van der Waals surface area contributed by atoms with Gasteiger partial charge in [0.25, 0.3) is 0 Å². The van der Waals surface area contributed by atoms with E-state index < -0.39 is 5.60 Å². The molecule has 0 atom stereocenters. The summed E-state index contributed by atoms with van der Waals surface area (Å²) in [7, 11) is 0. The number of carbonyl (C=O) groups excluding carboxylic acids is 4. The molecule has 0 aromatic carbocycles. The third kappa shape index (κ3) is 25.7. The fourth-order valence-corrected chi connectivity index (χ4v) is 4.74. The van der Waals surface area contributed by atoms with Crippen LogP contribution in [0.15, 0.2) is 0 Å². The minimum Gasteiger partial charge on any atom is -0.466 e. The molecule has 0 radical (unpaired) electrons. The summed E-state index contributed by atoms with van der Waals surface area (Å²) in [6, 6.07) is 0. The van der Waals surface area contributed by atoms with Crippen molar-refractivity contribution in [2.45, 2.75) is 155 Å². The Bertz CT molecular complexity index is 746. The molecule has 2 N–H and O–H groups in total. The van der Waals surface area contributed by atoms with Crippen molar-refractivity contribution in [2.24, 2.45) is 5.41 Å². The van der Waals surface area contributed by atoms with Crippen molar-refractivity contribution in [3.63, 3.8) is 0 Å². The van der Waals surface area contributed by atoms with Crippen LogP contribution in [0.2, 0.25) is 0 Å². The first kappa shape index (κ1) is 40.0. The van der Waals surface area contributed by atoms with Crippen LogP contribution in [0.5, 0.6) is 0 Å². The van der Waals surface area contributed by atoms with E-state index in [0.29, 0.717) is 45.3 Å². The van der Waals surface area contributed by atoms with E-state index in [1.165, 1.54) is 0 Å². The number of aliphatic hydroxyl groups excluding tert-OH is 2. The Kier molecular flexibility index (Phi) is 23.3. The summed E-state index contributed by atoms with van der Waals surface area (Å²) in [5.41, 5.74) is -0.967. The lowest BCUT2D eigenvalue weighted by Crippen LogP contribution is -2.31. The summed E-state index contributed by atoms with van der Waals surface area (Å²) < 4.78 is 16.1. The number of unbranched alkanes of at least 4 members (excludes halogenated alkanes) is 9. The van der Waals surface area contributed by atoms with Crippen LogP contribution in [0.4, 0.5) is 0 Å². The van der Waals surface area contributed by atoms with Gasteiger partial charge in [-0.3, -0.25) is 19.2 Å². The highest BCUT2D eigenvalue weighted by Crippen LogP contribution is 2.29. The largest absolute Gasteiger partial charge is 0.466 e. The molecule has 0 bridgehead atoms. The van der Waals surface area contributed by atoms with Gasteiger partial charge in [-0.05, 0) is 77.0 Å². The van der Waals surface area contributed by atoms with Crippen molar-refractivity contribution < 1.29 is 43.6 Å². The van der Waals surface area contributed by atoms with Crippen molar-refractivity contribution in [1.29, 1.82) is 0 Å². The molecule has 0 amide bonds. The Morgan fingerprint density at radius 1 is 0.524 bits per heavy atom. The smallest absolute Gasteiger partial charge is 0.309 e. The van der Waals surface area contributed by atoms with E-state index in [9.17, 15) is 19.2 Å². The predicted molar refractivity (Wildman–Crippen MR) is 163 cm³/mol. The van der Waals surface area contributed by atoms with Crippen LogP contribution in [-0.2, 0) is 33.4 Å². The molecule has 42 heavy (non-hydrogen) atoms. The van der Waals surface area contributed by atoms with Gasteiger partial charge >= 0.3 is 17.9 Å². The zero-order valence-corrected chi connectivity index (χ0v) is 27.0.